The molecule has 0 bridgehead atoms. The molecular formula is C18H27NO2. The number of ether oxygens (including phenoxy) is 2. The molecule has 0 saturated heterocycles. The Morgan fingerprint density at radius 1 is 1.38 bits per heavy atom. The normalized spacial score (nSPS) is 18.6. The summed E-state index contributed by atoms with van der Waals surface area (Å²) in [5.41, 5.74) is 4.22. The Kier molecular flexibility index (Phi) is 6.93. The van der Waals surface area contributed by atoms with Gasteiger partial charge in [0.15, 0.2) is 0 Å². The Hall–Kier alpha value is -1.16. The number of fused-ring (bicyclic) bond motifs is 1. The maximum Gasteiger partial charge on any atom is 0.0864 e. The van der Waals surface area contributed by atoms with Crippen molar-refractivity contribution in [3.05, 3.63) is 47.0 Å². The maximum atomic E-state index is 5.96. The lowest BCUT2D eigenvalue weighted by molar-refractivity contribution is 0.0427. The molecule has 1 unspecified atom stereocenters. The average molecular weight is 289 g/mol. The summed E-state index contributed by atoms with van der Waals surface area (Å²) in [6.07, 6.45) is 5.64. The van der Waals surface area contributed by atoms with Crippen LogP contribution in [0.15, 0.2) is 35.9 Å². The molecule has 1 aromatic rings. The van der Waals surface area contributed by atoms with Crippen LogP contribution in [-0.4, -0.2) is 33.4 Å². The molecule has 3 nitrogen and oxygen atoms in total. The number of hydrogen-bond acceptors (Lipinski definition) is 3. The Morgan fingerprint density at radius 3 is 3.10 bits per heavy atom. The number of benzene rings is 1. The summed E-state index contributed by atoms with van der Waals surface area (Å²) < 4.78 is 11.0. The summed E-state index contributed by atoms with van der Waals surface area (Å²) in [4.78, 5) is 0. The molecule has 0 amide bonds. The van der Waals surface area contributed by atoms with E-state index in [1.165, 1.54) is 16.7 Å². The number of rotatable bonds is 8. The maximum absolute atomic E-state index is 5.96. The van der Waals surface area contributed by atoms with Crippen molar-refractivity contribution in [1.29, 1.82) is 0 Å². The Labute approximate surface area is 128 Å². The highest BCUT2D eigenvalue weighted by atomic mass is 16.5. The third-order valence-electron chi connectivity index (χ3n) is 3.90. The topological polar surface area (TPSA) is 30.5 Å². The van der Waals surface area contributed by atoms with E-state index in [-0.39, 0.29) is 6.10 Å². The SMILES string of the molecule is COCCNCCC=C(C)CC1OCCc2ccccc21. The molecule has 2 rings (SSSR count). The van der Waals surface area contributed by atoms with E-state index in [0.717, 1.165) is 45.6 Å². The van der Waals surface area contributed by atoms with Crippen molar-refractivity contribution >= 4 is 0 Å². The summed E-state index contributed by atoms with van der Waals surface area (Å²) in [6.45, 7) is 5.74. The van der Waals surface area contributed by atoms with Gasteiger partial charge in [0.05, 0.1) is 19.3 Å². The second kappa shape index (κ2) is 8.98. The fourth-order valence-electron chi connectivity index (χ4n) is 2.74. The Balaban J connectivity index is 1.79. The molecule has 1 aliphatic rings. The number of hydrogen-bond donors (Lipinski definition) is 1. The third kappa shape index (κ3) is 5.27. The van der Waals surface area contributed by atoms with Gasteiger partial charge in [0.1, 0.15) is 0 Å². The van der Waals surface area contributed by atoms with Crippen LogP contribution in [0.3, 0.4) is 0 Å². The molecule has 0 spiro atoms. The van der Waals surface area contributed by atoms with Crippen molar-refractivity contribution in [2.45, 2.75) is 32.3 Å². The summed E-state index contributed by atoms with van der Waals surface area (Å²) in [5.74, 6) is 0. The van der Waals surface area contributed by atoms with Gasteiger partial charge in [-0.2, -0.15) is 0 Å². The zero-order valence-corrected chi connectivity index (χ0v) is 13.2. The highest BCUT2D eigenvalue weighted by molar-refractivity contribution is 5.31. The molecule has 0 saturated carbocycles. The fourth-order valence-corrected chi connectivity index (χ4v) is 2.74. The van der Waals surface area contributed by atoms with Crippen LogP contribution < -0.4 is 5.32 Å². The van der Waals surface area contributed by atoms with Gasteiger partial charge in [0.25, 0.3) is 0 Å². The third-order valence-corrected chi connectivity index (χ3v) is 3.90. The molecule has 116 valence electrons. The second-order valence-corrected chi connectivity index (χ2v) is 5.59. The van der Waals surface area contributed by atoms with Gasteiger partial charge >= 0.3 is 0 Å². The Morgan fingerprint density at radius 2 is 2.24 bits per heavy atom. The molecule has 0 aromatic heterocycles. The van der Waals surface area contributed by atoms with Gasteiger partial charge < -0.3 is 14.8 Å². The molecule has 1 aliphatic heterocycles. The highest BCUT2D eigenvalue weighted by Crippen LogP contribution is 2.31. The van der Waals surface area contributed by atoms with E-state index in [1.807, 2.05) is 0 Å². The van der Waals surface area contributed by atoms with E-state index in [2.05, 4.69) is 42.6 Å². The van der Waals surface area contributed by atoms with Gasteiger partial charge in [-0.05, 0) is 43.9 Å². The zero-order chi connectivity index (χ0) is 14.9. The quantitative estimate of drug-likeness (QED) is 0.588. The lowest BCUT2D eigenvalue weighted by atomic mass is 9.93. The van der Waals surface area contributed by atoms with Gasteiger partial charge in [0.2, 0.25) is 0 Å². The van der Waals surface area contributed by atoms with Crippen molar-refractivity contribution in [2.75, 3.05) is 33.4 Å². The van der Waals surface area contributed by atoms with E-state index >= 15 is 0 Å². The Bertz CT molecular complexity index is 456. The largest absolute Gasteiger partial charge is 0.383 e. The molecule has 0 fully saturated rings. The van der Waals surface area contributed by atoms with Crippen LogP contribution >= 0.6 is 0 Å². The molecule has 0 aliphatic carbocycles. The second-order valence-electron chi connectivity index (χ2n) is 5.59. The van der Waals surface area contributed by atoms with Crippen molar-refractivity contribution in [1.82, 2.24) is 5.32 Å². The van der Waals surface area contributed by atoms with Crippen LogP contribution in [0, 0.1) is 0 Å². The van der Waals surface area contributed by atoms with Crippen molar-refractivity contribution in [3.8, 4) is 0 Å². The smallest absolute Gasteiger partial charge is 0.0864 e. The summed E-state index contributed by atoms with van der Waals surface area (Å²) >= 11 is 0. The monoisotopic (exact) mass is 289 g/mol. The summed E-state index contributed by atoms with van der Waals surface area (Å²) in [7, 11) is 1.73. The van der Waals surface area contributed by atoms with Crippen LogP contribution in [0.1, 0.15) is 37.0 Å². The molecule has 1 aromatic carbocycles. The summed E-state index contributed by atoms with van der Waals surface area (Å²) in [6, 6.07) is 8.66. The van der Waals surface area contributed by atoms with Gasteiger partial charge in [-0.1, -0.05) is 35.9 Å². The minimum absolute atomic E-state index is 0.229. The molecule has 1 N–H and O–H groups in total. The van der Waals surface area contributed by atoms with Crippen LogP contribution in [0.5, 0.6) is 0 Å². The molecule has 0 radical (unpaired) electrons. The van der Waals surface area contributed by atoms with Gasteiger partial charge in [-0.25, -0.2) is 0 Å². The first-order chi connectivity index (χ1) is 10.3. The minimum atomic E-state index is 0.229. The van der Waals surface area contributed by atoms with Crippen molar-refractivity contribution < 1.29 is 9.47 Å². The predicted octanol–water partition coefficient (Wildman–Crippen LogP) is 3.26. The molecular weight excluding hydrogens is 262 g/mol. The molecule has 21 heavy (non-hydrogen) atoms. The van der Waals surface area contributed by atoms with Crippen LogP contribution in [0.25, 0.3) is 0 Å². The van der Waals surface area contributed by atoms with Crippen molar-refractivity contribution in [3.63, 3.8) is 0 Å². The van der Waals surface area contributed by atoms with E-state index in [0.29, 0.717) is 0 Å². The van der Waals surface area contributed by atoms with Crippen LogP contribution in [-0.2, 0) is 15.9 Å². The van der Waals surface area contributed by atoms with Gasteiger partial charge in [0, 0.05) is 13.7 Å². The fraction of sp³-hybridized carbons (Fsp3) is 0.556. The van der Waals surface area contributed by atoms with Crippen molar-refractivity contribution in [2.24, 2.45) is 0 Å². The van der Waals surface area contributed by atoms with E-state index < -0.39 is 0 Å². The average Bonchev–Trinajstić information content (AvgIpc) is 2.51. The first kappa shape index (κ1) is 16.2. The first-order valence-electron chi connectivity index (χ1n) is 7.86. The van der Waals surface area contributed by atoms with Gasteiger partial charge in [-0.3, -0.25) is 0 Å². The predicted molar refractivity (Wildman–Crippen MR) is 86.6 cm³/mol. The lowest BCUT2D eigenvalue weighted by Gasteiger charge is -2.26. The lowest BCUT2D eigenvalue weighted by Crippen LogP contribution is -2.20. The first-order valence-corrected chi connectivity index (χ1v) is 7.86. The molecule has 3 heteroatoms. The zero-order valence-electron chi connectivity index (χ0n) is 13.2. The number of methoxy groups -OCH3 is 1. The van der Waals surface area contributed by atoms with E-state index in [9.17, 15) is 0 Å². The van der Waals surface area contributed by atoms with Crippen LogP contribution in [0.2, 0.25) is 0 Å². The van der Waals surface area contributed by atoms with Crippen LogP contribution in [0.4, 0.5) is 0 Å². The van der Waals surface area contributed by atoms with E-state index in [1.54, 1.807) is 7.11 Å². The standard InChI is InChI=1S/C18H27NO2/c1-15(6-5-10-19-11-13-20-2)14-18-17-8-4-3-7-16(17)9-12-21-18/h3-4,6-8,18-19H,5,9-14H2,1-2H3. The molecule has 1 heterocycles. The van der Waals surface area contributed by atoms with E-state index in [4.69, 9.17) is 9.47 Å². The molecule has 1 atom stereocenters. The summed E-state index contributed by atoms with van der Waals surface area (Å²) in [5, 5.41) is 3.36. The minimum Gasteiger partial charge on any atom is -0.383 e. The number of nitrogens with one attached hydrogen (secondary N) is 1. The van der Waals surface area contributed by atoms with Gasteiger partial charge in [-0.15, -0.1) is 0 Å². The highest BCUT2D eigenvalue weighted by Gasteiger charge is 2.20.